The zero-order chi connectivity index (χ0) is 13.0. The summed E-state index contributed by atoms with van der Waals surface area (Å²) in [6.07, 6.45) is 0.670. The van der Waals surface area contributed by atoms with Crippen LogP contribution in [0.3, 0.4) is 0 Å². The lowest BCUT2D eigenvalue weighted by Crippen LogP contribution is -2.02. The normalized spacial score (nSPS) is 10.3. The summed E-state index contributed by atoms with van der Waals surface area (Å²) in [4.78, 5) is 15.3. The van der Waals surface area contributed by atoms with E-state index in [-0.39, 0.29) is 5.78 Å². The van der Waals surface area contributed by atoms with Gasteiger partial charge in [-0.25, -0.2) is 4.98 Å². The molecule has 0 aliphatic heterocycles. The van der Waals surface area contributed by atoms with Crippen molar-refractivity contribution in [1.82, 2.24) is 4.98 Å². The number of nitrogens with zero attached hydrogens (tertiary/aromatic N) is 1. The van der Waals surface area contributed by atoms with E-state index in [2.05, 4.69) is 4.98 Å². The molecule has 0 atom stereocenters. The van der Waals surface area contributed by atoms with Crippen molar-refractivity contribution in [2.75, 3.05) is 6.61 Å². The fourth-order valence-corrected chi connectivity index (χ4v) is 2.41. The van der Waals surface area contributed by atoms with Gasteiger partial charge in [-0.05, 0) is 12.1 Å². The van der Waals surface area contributed by atoms with E-state index in [0.717, 1.165) is 5.01 Å². The number of halogens is 1. The van der Waals surface area contributed by atoms with Gasteiger partial charge in [-0.2, -0.15) is 0 Å². The quantitative estimate of drug-likeness (QED) is 0.786. The molecular weight excluding hydrogens is 270 g/mol. The first-order valence-corrected chi connectivity index (χ1v) is 6.75. The van der Waals surface area contributed by atoms with E-state index in [1.807, 2.05) is 18.2 Å². The molecule has 1 aromatic heterocycles. The third-order valence-electron chi connectivity index (χ3n) is 2.32. The van der Waals surface area contributed by atoms with Crippen LogP contribution in [-0.2, 0) is 6.42 Å². The lowest BCUT2D eigenvalue weighted by molar-refractivity contribution is 0.101. The summed E-state index contributed by atoms with van der Waals surface area (Å²) >= 11 is 7.44. The second kappa shape index (κ2) is 5.98. The van der Waals surface area contributed by atoms with E-state index in [0.29, 0.717) is 29.5 Å². The molecule has 1 aromatic carbocycles. The number of thiazole rings is 1. The molecule has 0 amide bonds. The van der Waals surface area contributed by atoms with Crippen molar-refractivity contribution in [2.24, 2.45) is 0 Å². The molecule has 2 aromatic rings. The highest BCUT2D eigenvalue weighted by Gasteiger charge is 2.06. The maximum atomic E-state index is 11.1. The zero-order valence-corrected chi connectivity index (χ0v) is 11.4. The number of ketones is 1. The van der Waals surface area contributed by atoms with E-state index < -0.39 is 0 Å². The van der Waals surface area contributed by atoms with Gasteiger partial charge in [-0.3, -0.25) is 4.79 Å². The smallest absolute Gasteiger partial charge is 0.178 e. The first-order chi connectivity index (χ1) is 8.66. The Labute approximate surface area is 114 Å². The van der Waals surface area contributed by atoms with Crippen LogP contribution < -0.4 is 4.74 Å². The summed E-state index contributed by atoms with van der Waals surface area (Å²) in [7, 11) is 0. The van der Waals surface area contributed by atoms with Crippen LogP contribution >= 0.6 is 22.9 Å². The number of rotatable bonds is 5. The number of hydrogen-bond donors (Lipinski definition) is 0. The lowest BCUT2D eigenvalue weighted by Gasteiger charge is -2.06. The Morgan fingerprint density at radius 3 is 2.89 bits per heavy atom. The molecule has 5 heteroatoms. The number of aromatic nitrogens is 1. The molecule has 94 valence electrons. The SMILES string of the molecule is CC(=O)c1csc(CCOc2ccccc2Cl)n1. The predicted octanol–water partition coefficient (Wildman–Crippen LogP) is 3.62. The van der Waals surface area contributed by atoms with E-state index in [1.165, 1.54) is 18.3 Å². The molecule has 1 heterocycles. The van der Waals surface area contributed by atoms with Gasteiger partial charge in [0.25, 0.3) is 0 Å². The Hall–Kier alpha value is -1.39. The van der Waals surface area contributed by atoms with Gasteiger partial charge in [0, 0.05) is 18.7 Å². The van der Waals surface area contributed by atoms with Crippen molar-refractivity contribution in [3.05, 3.63) is 45.4 Å². The molecule has 0 spiro atoms. The highest BCUT2D eigenvalue weighted by molar-refractivity contribution is 7.09. The van der Waals surface area contributed by atoms with Crippen molar-refractivity contribution in [3.63, 3.8) is 0 Å². The molecule has 3 nitrogen and oxygen atoms in total. The van der Waals surface area contributed by atoms with Crippen LogP contribution in [0.15, 0.2) is 29.6 Å². The largest absolute Gasteiger partial charge is 0.492 e. The monoisotopic (exact) mass is 281 g/mol. The van der Waals surface area contributed by atoms with Crippen LogP contribution in [0.2, 0.25) is 5.02 Å². The number of hydrogen-bond acceptors (Lipinski definition) is 4. The third kappa shape index (κ3) is 3.31. The first kappa shape index (κ1) is 13.1. The minimum atomic E-state index is -0.00970. The molecule has 0 fully saturated rings. The maximum Gasteiger partial charge on any atom is 0.178 e. The average molecular weight is 282 g/mol. The summed E-state index contributed by atoms with van der Waals surface area (Å²) in [6.45, 7) is 2.01. The molecule has 0 unspecified atom stereocenters. The Morgan fingerprint density at radius 1 is 1.44 bits per heavy atom. The standard InChI is InChI=1S/C13H12ClNO2S/c1-9(16)11-8-18-13(15-11)6-7-17-12-5-3-2-4-10(12)14/h2-5,8H,6-7H2,1H3. The van der Waals surface area contributed by atoms with Crippen molar-refractivity contribution in [2.45, 2.75) is 13.3 Å². The average Bonchev–Trinajstić information content (AvgIpc) is 2.80. The summed E-state index contributed by atoms with van der Waals surface area (Å²) in [6, 6.07) is 7.34. The van der Waals surface area contributed by atoms with Gasteiger partial charge in [0.2, 0.25) is 0 Å². The molecule has 0 bridgehead atoms. The molecule has 0 saturated carbocycles. The van der Waals surface area contributed by atoms with Gasteiger partial charge in [-0.15, -0.1) is 11.3 Å². The number of benzene rings is 1. The Balaban J connectivity index is 1.88. The van der Waals surface area contributed by atoms with Gasteiger partial charge in [-0.1, -0.05) is 23.7 Å². The van der Waals surface area contributed by atoms with Gasteiger partial charge < -0.3 is 4.74 Å². The molecule has 0 N–H and O–H groups in total. The molecule has 18 heavy (non-hydrogen) atoms. The van der Waals surface area contributed by atoms with Crippen LogP contribution in [0.4, 0.5) is 0 Å². The van der Waals surface area contributed by atoms with Crippen LogP contribution in [0, 0.1) is 0 Å². The van der Waals surface area contributed by atoms with Crippen LogP contribution in [0.1, 0.15) is 22.4 Å². The first-order valence-electron chi connectivity index (χ1n) is 5.49. The summed E-state index contributed by atoms with van der Waals surface area (Å²) in [5, 5.41) is 3.26. The second-order valence-electron chi connectivity index (χ2n) is 3.71. The fraction of sp³-hybridized carbons (Fsp3) is 0.231. The maximum absolute atomic E-state index is 11.1. The zero-order valence-electron chi connectivity index (χ0n) is 9.85. The molecular formula is C13H12ClNO2S. The van der Waals surface area contributed by atoms with Gasteiger partial charge in [0.15, 0.2) is 5.78 Å². The van der Waals surface area contributed by atoms with Crippen molar-refractivity contribution in [1.29, 1.82) is 0 Å². The Kier molecular flexibility index (Phi) is 4.33. The van der Waals surface area contributed by atoms with Crippen molar-refractivity contribution < 1.29 is 9.53 Å². The van der Waals surface area contributed by atoms with Crippen LogP contribution in [0.25, 0.3) is 0 Å². The minimum absolute atomic E-state index is 0.00970. The minimum Gasteiger partial charge on any atom is -0.492 e. The topological polar surface area (TPSA) is 39.2 Å². The number of carbonyl (C=O) groups is 1. The molecule has 0 saturated heterocycles. The highest BCUT2D eigenvalue weighted by atomic mass is 35.5. The molecule has 0 aliphatic rings. The van der Waals surface area contributed by atoms with E-state index in [4.69, 9.17) is 16.3 Å². The second-order valence-corrected chi connectivity index (χ2v) is 5.06. The Morgan fingerprint density at radius 2 is 2.22 bits per heavy atom. The van der Waals surface area contributed by atoms with Gasteiger partial charge in [0.1, 0.15) is 11.4 Å². The van der Waals surface area contributed by atoms with Crippen LogP contribution in [0.5, 0.6) is 5.75 Å². The third-order valence-corrected chi connectivity index (χ3v) is 3.54. The van der Waals surface area contributed by atoms with Gasteiger partial charge >= 0.3 is 0 Å². The fourth-order valence-electron chi connectivity index (χ4n) is 1.40. The lowest BCUT2D eigenvalue weighted by atomic mass is 10.3. The number of Topliss-reactive ketones (excluding diaryl/α,β-unsaturated/α-hetero) is 1. The number of carbonyl (C=O) groups excluding carboxylic acids is 1. The highest BCUT2D eigenvalue weighted by Crippen LogP contribution is 2.23. The van der Waals surface area contributed by atoms with Crippen molar-refractivity contribution >= 4 is 28.7 Å². The summed E-state index contributed by atoms with van der Waals surface area (Å²) in [5.41, 5.74) is 0.521. The number of ether oxygens (including phenoxy) is 1. The van der Waals surface area contributed by atoms with E-state index >= 15 is 0 Å². The summed E-state index contributed by atoms with van der Waals surface area (Å²) in [5.74, 6) is 0.659. The Bertz CT molecular complexity index is 553. The molecule has 0 aliphatic carbocycles. The molecule has 2 rings (SSSR count). The summed E-state index contributed by atoms with van der Waals surface area (Å²) < 4.78 is 5.56. The van der Waals surface area contributed by atoms with Crippen LogP contribution in [-0.4, -0.2) is 17.4 Å². The van der Waals surface area contributed by atoms with E-state index in [9.17, 15) is 4.79 Å². The number of para-hydroxylation sites is 1. The van der Waals surface area contributed by atoms with Crippen molar-refractivity contribution in [3.8, 4) is 5.75 Å². The molecule has 0 radical (unpaired) electrons. The predicted molar refractivity (Wildman–Crippen MR) is 72.8 cm³/mol. The van der Waals surface area contributed by atoms with Gasteiger partial charge in [0.05, 0.1) is 16.6 Å². The van der Waals surface area contributed by atoms with E-state index in [1.54, 1.807) is 11.4 Å².